The number of fused-ring (bicyclic) bond motifs is 1. The molecule has 2 rings (SSSR count). The lowest BCUT2D eigenvalue weighted by Gasteiger charge is -2.11. The van der Waals surface area contributed by atoms with Crippen LogP contribution < -0.4 is 9.47 Å². The normalized spacial score (nSPS) is 15.9. The summed E-state index contributed by atoms with van der Waals surface area (Å²) < 4.78 is 16.2. The molecule has 0 radical (unpaired) electrons. The van der Waals surface area contributed by atoms with Gasteiger partial charge in [-0.25, -0.2) is 0 Å². The zero-order chi connectivity index (χ0) is 13.0. The summed E-state index contributed by atoms with van der Waals surface area (Å²) in [6.07, 6.45) is 1.16. The smallest absolute Gasteiger partial charge is 0.165 e. The van der Waals surface area contributed by atoms with Gasteiger partial charge < -0.3 is 14.2 Å². The molecule has 0 aromatic heterocycles. The average molecular weight is 250 g/mol. The summed E-state index contributed by atoms with van der Waals surface area (Å²) in [6.45, 7) is 3.15. The number of methoxy groups -OCH3 is 1. The van der Waals surface area contributed by atoms with Crippen molar-refractivity contribution in [2.24, 2.45) is 0 Å². The molecular weight excluding hydrogens is 232 g/mol. The van der Waals surface area contributed by atoms with Crippen molar-refractivity contribution in [1.82, 2.24) is 0 Å². The van der Waals surface area contributed by atoms with Crippen molar-refractivity contribution in [3.8, 4) is 11.5 Å². The van der Waals surface area contributed by atoms with E-state index < -0.39 is 0 Å². The van der Waals surface area contributed by atoms with Gasteiger partial charge in [-0.3, -0.25) is 4.79 Å². The number of carbonyl (C=O) groups is 1. The highest BCUT2D eigenvalue weighted by Gasteiger charge is 2.15. The number of hydrogen-bond donors (Lipinski definition) is 0. The Morgan fingerprint density at radius 1 is 1.33 bits per heavy atom. The van der Waals surface area contributed by atoms with Gasteiger partial charge in [-0.2, -0.15) is 0 Å². The first-order valence-electron chi connectivity index (χ1n) is 6.16. The molecule has 1 aliphatic rings. The van der Waals surface area contributed by atoms with E-state index in [1.807, 2.05) is 6.92 Å². The molecule has 0 spiro atoms. The van der Waals surface area contributed by atoms with Crippen LogP contribution in [0.4, 0.5) is 0 Å². The number of benzene rings is 1. The molecule has 98 valence electrons. The van der Waals surface area contributed by atoms with Crippen LogP contribution >= 0.6 is 0 Å². The Labute approximate surface area is 107 Å². The van der Waals surface area contributed by atoms with Gasteiger partial charge in [0.25, 0.3) is 0 Å². The second kappa shape index (κ2) is 5.87. The fraction of sp³-hybridized carbons (Fsp3) is 0.500. The van der Waals surface area contributed by atoms with Gasteiger partial charge in [0.1, 0.15) is 0 Å². The van der Waals surface area contributed by atoms with Crippen molar-refractivity contribution in [3.05, 3.63) is 23.8 Å². The van der Waals surface area contributed by atoms with Crippen molar-refractivity contribution in [2.45, 2.75) is 25.9 Å². The predicted molar refractivity (Wildman–Crippen MR) is 67.5 cm³/mol. The minimum absolute atomic E-state index is 0.0556. The summed E-state index contributed by atoms with van der Waals surface area (Å²) in [5.41, 5.74) is 0.642. The number of Topliss-reactive ketones (excluding diaryl/α,β-unsaturated/α-hetero) is 1. The molecule has 1 unspecified atom stereocenters. The maximum atomic E-state index is 12.0. The molecule has 4 nitrogen and oxygen atoms in total. The van der Waals surface area contributed by atoms with E-state index in [1.54, 1.807) is 25.3 Å². The minimum atomic E-state index is -0.0755. The van der Waals surface area contributed by atoms with Crippen LogP contribution in [0.1, 0.15) is 30.1 Å². The first-order chi connectivity index (χ1) is 8.70. The molecule has 4 heteroatoms. The second-order valence-corrected chi connectivity index (χ2v) is 4.39. The largest absolute Gasteiger partial charge is 0.490 e. The number of ketones is 1. The van der Waals surface area contributed by atoms with Crippen molar-refractivity contribution < 1.29 is 19.0 Å². The van der Waals surface area contributed by atoms with E-state index in [9.17, 15) is 4.79 Å². The topological polar surface area (TPSA) is 44.8 Å². The van der Waals surface area contributed by atoms with E-state index in [-0.39, 0.29) is 11.9 Å². The molecule has 1 aromatic carbocycles. The van der Waals surface area contributed by atoms with Crippen molar-refractivity contribution >= 4 is 5.78 Å². The minimum Gasteiger partial charge on any atom is -0.490 e. The summed E-state index contributed by atoms with van der Waals surface area (Å²) in [7, 11) is 1.60. The van der Waals surface area contributed by atoms with Crippen molar-refractivity contribution in [2.75, 3.05) is 20.3 Å². The SMILES string of the molecule is COC(C)CC(=O)c1ccc2c(c1)OCCCO2. The van der Waals surface area contributed by atoms with Crippen LogP contribution in [0.5, 0.6) is 11.5 Å². The molecule has 0 N–H and O–H groups in total. The molecule has 0 fully saturated rings. The van der Waals surface area contributed by atoms with E-state index >= 15 is 0 Å². The van der Waals surface area contributed by atoms with Crippen LogP contribution in [-0.4, -0.2) is 32.2 Å². The molecule has 1 aromatic rings. The summed E-state index contributed by atoms with van der Waals surface area (Å²) in [5, 5.41) is 0. The fourth-order valence-corrected chi connectivity index (χ4v) is 1.80. The second-order valence-electron chi connectivity index (χ2n) is 4.39. The van der Waals surface area contributed by atoms with E-state index in [2.05, 4.69) is 0 Å². The maximum Gasteiger partial charge on any atom is 0.165 e. The molecule has 0 amide bonds. The van der Waals surface area contributed by atoms with Crippen molar-refractivity contribution in [3.63, 3.8) is 0 Å². The maximum absolute atomic E-state index is 12.0. The van der Waals surface area contributed by atoms with Crippen LogP contribution in [0.25, 0.3) is 0 Å². The van der Waals surface area contributed by atoms with Gasteiger partial charge in [0.15, 0.2) is 17.3 Å². The number of hydrogen-bond acceptors (Lipinski definition) is 4. The number of rotatable bonds is 4. The van der Waals surface area contributed by atoms with Crippen molar-refractivity contribution in [1.29, 1.82) is 0 Å². The third kappa shape index (κ3) is 3.01. The van der Waals surface area contributed by atoms with Gasteiger partial charge in [0.2, 0.25) is 0 Å². The highest BCUT2D eigenvalue weighted by Crippen LogP contribution is 2.30. The summed E-state index contributed by atoms with van der Waals surface area (Å²) in [4.78, 5) is 12.0. The highest BCUT2D eigenvalue weighted by atomic mass is 16.5. The highest BCUT2D eigenvalue weighted by molar-refractivity contribution is 5.97. The molecule has 1 heterocycles. The summed E-state index contributed by atoms with van der Waals surface area (Å²) >= 11 is 0. The molecule has 0 saturated heterocycles. The monoisotopic (exact) mass is 250 g/mol. The molecule has 0 aliphatic carbocycles. The van der Waals surface area contributed by atoms with Gasteiger partial charge in [0.05, 0.1) is 19.3 Å². The zero-order valence-corrected chi connectivity index (χ0v) is 10.8. The quantitative estimate of drug-likeness (QED) is 0.770. The Balaban J connectivity index is 2.15. The third-order valence-electron chi connectivity index (χ3n) is 2.94. The molecule has 1 aliphatic heterocycles. The third-order valence-corrected chi connectivity index (χ3v) is 2.94. The zero-order valence-electron chi connectivity index (χ0n) is 10.8. The van der Waals surface area contributed by atoms with E-state index in [1.165, 1.54) is 0 Å². The van der Waals surface area contributed by atoms with Crippen LogP contribution in [0, 0.1) is 0 Å². The van der Waals surface area contributed by atoms with Gasteiger partial charge in [-0.1, -0.05) is 0 Å². The first-order valence-corrected chi connectivity index (χ1v) is 6.16. The molecule has 18 heavy (non-hydrogen) atoms. The number of ether oxygens (including phenoxy) is 3. The van der Waals surface area contributed by atoms with Crippen LogP contribution in [0.15, 0.2) is 18.2 Å². The van der Waals surface area contributed by atoms with Crippen LogP contribution in [0.2, 0.25) is 0 Å². The van der Waals surface area contributed by atoms with Crippen LogP contribution in [0.3, 0.4) is 0 Å². The Kier molecular flexibility index (Phi) is 4.20. The van der Waals surface area contributed by atoms with Gasteiger partial charge in [0, 0.05) is 25.5 Å². The summed E-state index contributed by atoms with van der Waals surface area (Å²) in [6, 6.07) is 5.33. The Hall–Kier alpha value is -1.55. The Morgan fingerprint density at radius 2 is 2.06 bits per heavy atom. The average Bonchev–Trinajstić information content (AvgIpc) is 2.62. The van der Waals surface area contributed by atoms with Crippen LogP contribution in [-0.2, 0) is 4.74 Å². The Bertz CT molecular complexity index is 428. The summed E-state index contributed by atoms with van der Waals surface area (Å²) in [5.74, 6) is 1.42. The fourth-order valence-electron chi connectivity index (χ4n) is 1.80. The first kappa shape index (κ1) is 12.9. The van der Waals surface area contributed by atoms with Gasteiger partial charge >= 0.3 is 0 Å². The number of carbonyl (C=O) groups excluding carboxylic acids is 1. The lowest BCUT2D eigenvalue weighted by molar-refractivity contribution is 0.0791. The molecular formula is C14H18O4. The molecule has 0 bridgehead atoms. The van der Waals surface area contributed by atoms with E-state index in [0.29, 0.717) is 36.7 Å². The lowest BCUT2D eigenvalue weighted by Crippen LogP contribution is -2.12. The molecule has 0 saturated carbocycles. The van der Waals surface area contributed by atoms with Gasteiger partial charge in [-0.05, 0) is 25.1 Å². The standard InChI is InChI=1S/C14H18O4/c1-10(16-2)8-12(15)11-4-5-13-14(9-11)18-7-3-6-17-13/h4-5,9-10H,3,6-8H2,1-2H3. The predicted octanol–water partition coefficient (Wildman–Crippen LogP) is 2.46. The lowest BCUT2D eigenvalue weighted by atomic mass is 10.1. The Morgan fingerprint density at radius 3 is 2.78 bits per heavy atom. The van der Waals surface area contributed by atoms with Gasteiger partial charge in [-0.15, -0.1) is 0 Å². The molecule has 1 atom stereocenters. The van der Waals surface area contributed by atoms with E-state index in [0.717, 1.165) is 6.42 Å². The van der Waals surface area contributed by atoms with E-state index in [4.69, 9.17) is 14.2 Å².